The molecule has 0 fully saturated rings. The molecule has 0 atom stereocenters. The molecule has 0 saturated heterocycles. The molecule has 0 spiro atoms. The SMILES string of the molecule is Cc1cc([N+](=O)[O-])c2nc(C)[nH]c(=O)c2c1. The highest BCUT2D eigenvalue weighted by atomic mass is 16.6. The average Bonchev–Trinajstić information content (AvgIpc) is 2.18. The first-order chi connectivity index (χ1) is 7.49. The van der Waals surface area contributed by atoms with E-state index in [9.17, 15) is 14.9 Å². The summed E-state index contributed by atoms with van der Waals surface area (Å²) in [7, 11) is 0. The molecule has 0 amide bonds. The van der Waals surface area contributed by atoms with E-state index in [1.807, 2.05) is 0 Å². The van der Waals surface area contributed by atoms with Crippen LogP contribution in [0.15, 0.2) is 16.9 Å². The summed E-state index contributed by atoms with van der Waals surface area (Å²) >= 11 is 0. The minimum atomic E-state index is -0.527. The Morgan fingerprint density at radius 1 is 1.38 bits per heavy atom. The predicted molar refractivity (Wildman–Crippen MR) is 58.5 cm³/mol. The smallest absolute Gasteiger partial charge is 0.295 e. The van der Waals surface area contributed by atoms with Crippen LogP contribution in [0, 0.1) is 24.0 Å². The molecule has 6 heteroatoms. The Bertz CT molecular complexity index is 646. The monoisotopic (exact) mass is 219 g/mol. The quantitative estimate of drug-likeness (QED) is 0.580. The Morgan fingerprint density at radius 3 is 2.69 bits per heavy atom. The second kappa shape index (κ2) is 3.41. The van der Waals surface area contributed by atoms with Gasteiger partial charge in [-0.05, 0) is 25.5 Å². The number of hydrogen-bond acceptors (Lipinski definition) is 4. The average molecular weight is 219 g/mol. The molecule has 1 aromatic carbocycles. The second-order valence-electron chi connectivity index (χ2n) is 3.59. The predicted octanol–water partition coefficient (Wildman–Crippen LogP) is 1.45. The first-order valence-corrected chi connectivity index (χ1v) is 4.64. The highest BCUT2D eigenvalue weighted by Gasteiger charge is 2.16. The molecule has 0 saturated carbocycles. The maximum absolute atomic E-state index is 11.6. The van der Waals surface area contributed by atoms with Crippen LogP contribution in [0.1, 0.15) is 11.4 Å². The summed E-state index contributed by atoms with van der Waals surface area (Å²) in [5, 5.41) is 11.1. The highest BCUT2D eigenvalue weighted by Crippen LogP contribution is 2.23. The first-order valence-electron chi connectivity index (χ1n) is 4.64. The molecule has 0 bridgehead atoms. The topological polar surface area (TPSA) is 88.9 Å². The van der Waals surface area contributed by atoms with E-state index in [0.29, 0.717) is 11.4 Å². The minimum absolute atomic E-state index is 0.135. The van der Waals surface area contributed by atoms with Crippen LogP contribution < -0.4 is 5.56 Å². The van der Waals surface area contributed by atoms with Crippen molar-refractivity contribution in [2.45, 2.75) is 13.8 Å². The number of hydrogen-bond donors (Lipinski definition) is 1. The van der Waals surface area contributed by atoms with E-state index in [1.165, 1.54) is 6.07 Å². The van der Waals surface area contributed by atoms with Crippen LogP contribution >= 0.6 is 0 Å². The van der Waals surface area contributed by atoms with Gasteiger partial charge in [0.25, 0.3) is 11.2 Å². The Morgan fingerprint density at radius 2 is 2.06 bits per heavy atom. The molecule has 2 rings (SSSR count). The summed E-state index contributed by atoms with van der Waals surface area (Å²) in [6.45, 7) is 3.29. The molecule has 1 N–H and O–H groups in total. The molecular weight excluding hydrogens is 210 g/mol. The summed E-state index contributed by atoms with van der Waals surface area (Å²) in [4.78, 5) is 28.4. The van der Waals surface area contributed by atoms with Crippen molar-refractivity contribution in [1.29, 1.82) is 0 Å². The van der Waals surface area contributed by atoms with Crippen molar-refractivity contribution in [3.05, 3.63) is 44.0 Å². The molecule has 0 aliphatic carbocycles. The third kappa shape index (κ3) is 1.54. The number of aryl methyl sites for hydroxylation is 2. The Labute approximate surface area is 90.1 Å². The van der Waals surface area contributed by atoms with Gasteiger partial charge in [0.15, 0.2) is 5.52 Å². The number of fused-ring (bicyclic) bond motifs is 1. The van der Waals surface area contributed by atoms with Gasteiger partial charge in [-0.15, -0.1) is 0 Å². The number of nitrogens with one attached hydrogen (secondary N) is 1. The summed E-state index contributed by atoms with van der Waals surface area (Å²) in [5.41, 5.74) is 0.311. The van der Waals surface area contributed by atoms with Crippen LogP contribution in [0.4, 0.5) is 5.69 Å². The minimum Gasteiger partial charge on any atom is -0.310 e. The van der Waals surface area contributed by atoms with E-state index >= 15 is 0 Å². The number of nitrogens with zero attached hydrogens (tertiary/aromatic N) is 2. The number of rotatable bonds is 1. The number of non-ortho nitro benzene ring substituents is 1. The summed E-state index contributed by atoms with van der Waals surface area (Å²) in [6, 6.07) is 3.00. The fourth-order valence-electron chi connectivity index (χ4n) is 1.62. The molecule has 2 aromatic rings. The lowest BCUT2D eigenvalue weighted by molar-refractivity contribution is -0.383. The number of nitro benzene ring substituents is 1. The van der Waals surface area contributed by atoms with E-state index in [1.54, 1.807) is 19.9 Å². The number of benzene rings is 1. The molecule has 16 heavy (non-hydrogen) atoms. The van der Waals surface area contributed by atoms with Crippen LogP contribution in [-0.4, -0.2) is 14.9 Å². The molecule has 82 valence electrons. The van der Waals surface area contributed by atoms with Crippen molar-refractivity contribution in [1.82, 2.24) is 9.97 Å². The van der Waals surface area contributed by atoms with E-state index in [0.717, 1.165) is 0 Å². The van der Waals surface area contributed by atoms with Gasteiger partial charge in [-0.2, -0.15) is 0 Å². The Kier molecular flexibility index (Phi) is 2.19. The van der Waals surface area contributed by atoms with E-state index in [-0.39, 0.29) is 22.1 Å². The van der Waals surface area contributed by atoms with Gasteiger partial charge in [-0.25, -0.2) is 4.98 Å². The van der Waals surface area contributed by atoms with Gasteiger partial charge >= 0.3 is 0 Å². The van der Waals surface area contributed by atoms with Crippen LogP contribution in [0.5, 0.6) is 0 Å². The summed E-state index contributed by atoms with van der Waals surface area (Å²) in [6.07, 6.45) is 0. The Balaban J connectivity index is 3.01. The lowest BCUT2D eigenvalue weighted by atomic mass is 10.1. The third-order valence-electron chi connectivity index (χ3n) is 2.25. The lowest BCUT2D eigenvalue weighted by Gasteiger charge is -2.01. The molecule has 6 nitrogen and oxygen atoms in total. The zero-order valence-corrected chi connectivity index (χ0v) is 8.77. The van der Waals surface area contributed by atoms with Gasteiger partial charge in [-0.3, -0.25) is 14.9 Å². The van der Waals surface area contributed by atoms with Gasteiger partial charge in [0.05, 0.1) is 10.3 Å². The van der Waals surface area contributed by atoms with Crippen LogP contribution in [-0.2, 0) is 0 Å². The van der Waals surface area contributed by atoms with Gasteiger partial charge in [-0.1, -0.05) is 0 Å². The van der Waals surface area contributed by atoms with Crippen molar-refractivity contribution in [3.63, 3.8) is 0 Å². The number of nitro groups is 1. The zero-order chi connectivity index (χ0) is 11.9. The number of aromatic nitrogens is 2. The standard InChI is InChI=1S/C10H9N3O3/c1-5-3-7-9(8(4-5)13(15)16)11-6(2)12-10(7)14/h3-4H,1-2H3,(H,11,12,14). The van der Waals surface area contributed by atoms with Crippen molar-refractivity contribution in [2.24, 2.45) is 0 Å². The maximum atomic E-state index is 11.6. The van der Waals surface area contributed by atoms with Crippen molar-refractivity contribution in [2.75, 3.05) is 0 Å². The fraction of sp³-hybridized carbons (Fsp3) is 0.200. The molecule has 0 aliphatic heterocycles. The fourth-order valence-corrected chi connectivity index (χ4v) is 1.62. The molecule has 1 heterocycles. The summed E-state index contributed by atoms with van der Waals surface area (Å²) < 4.78 is 0. The molecule has 0 radical (unpaired) electrons. The van der Waals surface area contributed by atoms with Crippen molar-refractivity contribution in [3.8, 4) is 0 Å². The number of aromatic amines is 1. The second-order valence-corrected chi connectivity index (χ2v) is 3.59. The first kappa shape index (κ1) is 10.3. The van der Waals surface area contributed by atoms with Crippen LogP contribution in [0.2, 0.25) is 0 Å². The third-order valence-corrected chi connectivity index (χ3v) is 2.25. The maximum Gasteiger partial charge on any atom is 0.295 e. The van der Waals surface area contributed by atoms with Crippen molar-refractivity contribution < 1.29 is 4.92 Å². The summed E-state index contributed by atoms with van der Waals surface area (Å²) in [5.74, 6) is 0.365. The molecule has 0 aliphatic rings. The van der Waals surface area contributed by atoms with Crippen molar-refractivity contribution >= 4 is 16.6 Å². The van der Waals surface area contributed by atoms with E-state index in [4.69, 9.17) is 0 Å². The zero-order valence-electron chi connectivity index (χ0n) is 8.77. The molecule has 0 unspecified atom stereocenters. The van der Waals surface area contributed by atoms with E-state index < -0.39 is 4.92 Å². The van der Waals surface area contributed by atoms with Crippen LogP contribution in [0.25, 0.3) is 10.9 Å². The Hall–Kier alpha value is -2.24. The van der Waals surface area contributed by atoms with Gasteiger partial charge in [0.1, 0.15) is 5.82 Å². The molecule has 1 aromatic heterocycles. The molecular formula is C10H9N3O3. The van der Waals surface area contributed by atoms with Gasteiger partial charge in [0.2, 0.25) is 0 Å². The lowest BCUT2D eigenvalue weighted by Crippen LogP contribution is -2.11. The van der Waals surface area contributed by atoms with Crippen LogP contribution in [0.3, 0.4) is 0 Å². The normalized spacial score (nSPS) is 10.6. The van der Waals surface area contributed by atoms with Gasteiger partial charge < -0.3 is 4.98 Å². The number of H-pyrrole nitrogens is 1. The van der Waals surface area contributed by atoms with Gasteiger partial charge in [0, 0.05) is 6.07 Å². The largest absolute Gasteiger partial charge is 0.310 e. The highest BCUT2D eigenvalue weighted by molar-refractivity contribution is 5.87. The van der Waals surface area contributed by atoms with E-state index in [2.05, 4.69) is 9.97 Å².